The zero-order valence-corrected chi connectivity index (χ0v) is 5.25. The van der Waals surface area contributed by atoms with E-state index in [0.29, 0.717) is 5.75 Å². The van der Waals surface area contributed by atoms with Gasteiger partial charge in [0.1, 0.15) is 0 Å². The van der Waals surface area contributed by atoms with Crippen molar-refractivity contribution in [1.82, 2.24) is 0 Å². The van der Waals surface area contributed by atoms with Crippen LogP contribution < -0.4 is 5.73 Å². The highest BCUT2D eigenvalue weighted by Crippen LogP contribution is 1.88. The van der Waals surface area contributed by atoms with Crippen LogP contribution in [0.5, 0.6) is 0 Å². The highest BCUT2D eigenvalue weighted by Gasteiger charge is 2.05. The van der Waals surface area contributed by atoms with Crippen molar-refractivity contribution in [2.45, 2.75) is 6.04 Å². The summed E-state index contributed by atoms with van der Waals surface area (Å²) in [4.78, 5) is 9.97. The predicted molar refractivity (Wildman–Crippen MR) is 32.7 cm³/mol. The Hall–Kier alpha value is 0.270. The van der Waals surface area contributed by atoms with Crippen molar-refractivity contribution in [2.75, 3.05) is 5.75 Å². The Morgan fingerprint density at radius 1 is 2.00 bits per heavy atom. The maximum Gasteiger partial charge on any atom is 0.239 e. The summed E-state index contributed by atoms with van der Waals surface area (Å²) in [6.07, 6.45) is 0. The second-order valence-electron chi connectivity index (χ2n) is 1.09. The molecule has 0 radical (unpaired) electrons. The van der Waals surface area contributed by atoms with Crippen LogP contribution in [0.4, 0.5) is 0 Å². The first-order chi connectivity index (χ1) is 3.18. The minimum atomic E-state index is -0.606. The lowest BCUT2D eigenvalue weighted by Gasteiger charge is -1.96. The monoisotopic (exact) mass is 139 g/mol. The van der Waals surface area contributed by atoms with Crippen LogP contribution in [0.1, 0.15) is 0 Å². The van der Waals surface area contributed by atoms with Crippen LogP contribution in [-0.4, -0.2) is 17.0 Å². The standard InChI is InChI=1S/C3H6ClNOS/c4-3(6)2(5)1-7/h2,7H,1,5H2/t2-/m0/s1. The zero-order chi connectivity index (χ0) is 5.86. The molecule has 0 saturated heterocycles. The van der Waals surface area contributed by atoms with Crippen molar-refractivity contribution < 1.29 is 4.79 Å². The van der Waals surface area contributed by atoms with Gasteiger partial charge in [-0.3, -0.25) is 4.79 Å². The van der Waals surface area contributed by atoms with Crippen molar-refractivity contribution in [3.63, 3.8) is 0 Å². The number of carbonyl (C=O) groups excluding carboxylic acids is 1. The first-order valence-corrected chi connectivity index (χ1v) is 2.75. The van der Waals surface area contributed by atoms with E-state index < -0.39 is 11.3 Å². The second kappa shape index (κ2) is 3.29. The molecule has 0 aromatic rings. The molecular formula is C3H6ClNOS. The van der Waals surface area contributed by atoms with Gasteiger partial charge in [0.25, 0.3) is 0 Å². The minimum absolute atomic E-state index is 0.308. The van der Waals surface area contributed by atoms with E-state index in [1.54, 1.807) is 0 Å². The van der Waals surface area contributed by atoms with Crippen LogP contribution >= 0.6 is 24.2 Å². The molecule has 0 spiro atoms. The summed E-state index contributed by atoms with van der Waals surface area (Å²) in [5.74, 6) is 0.308. The Kier molecular flexibility index (Phi) is 3.42. The van der Waals surface area contributed by atoms with Crippen LogP contribution in [0, 0.1) is 0 Å². The molecule has 42 valence electrons. The molecule has 0 fully saturated rings. The molecule has 7 heavy (non-hydrogen) atoms. The van der Waals surface area contributed by atoms with Gasteiger partial charge < -0.3 is 5.73 Å². The summed E-state index contributed by atoms with van der Waals surface area (Å²) >= 11 is 8.64. The first kappa shape index (κ1) is 7.27. The lowest BCUT2D eigenvalue weighted by atomic mass is 10.4. The van der Waals surface area contributed by atoms with Gasteiger partial charge in [0.15, 0.2) is 0 Å². The van der Waals surface area contributed by atoms with E-state index in [0.717, 1.165) is 0 Å². The van der Waals surface area contributed by atoms with Gasteiger partial charge in [0.2, 0.25) is 5.24 Å². The molecule has 0 aliphatic carbocycles. The number of carbonyl (C=O) groups is 1. The highest BCUT2D eigenvalue weighted by atomic mass is 35.5. The Labute approximate surface area is 52.4 Å². The van der Waals surface area contributed by atoms with Gasteiger partial charge in [0, 0.05) is 5.75 Å². The van der Waals surface area contributed by atoms with E-state index in [1.807, 2.05) is 0 Å². The Morgan fingerprint density at radius 3 is 2.43 bits per heavy atom. The largest absolute Gasteiger partial charge is 0.320 e. The smallest absolute Gasteiger partial charge is 0.239 e. The Bertz CT molecular complexity index is 77.3. The van der Waals surface area contributed by atoms with E-state index in [4.69, 9.17) is 17.3 Å². The lowest BCUT2D eigenvalue weighted by Crippen LogP contribution is -2.28. The van der Waals surface area contributed by atoms with Gasteiger partial charge in [-0.25, -0.2) is 0 Å². The van der Waals surface area contributed by atoms with Gasteiger partial charge in [-0.05, 0) is 11.6 Å². The van der Waals surface area contributed by atoms with Crippen LogP contribution in [-0.2, 0) is 4.79 Å². The molecular weight excluding hydrogens is 134 g/mol. The normalized spacial score (nSPS) is 13.6. The van der Waals surface area contributed by atoms with Gasteiger partial charge in [-0.2, -0.15) is 12.6 Å². The molecule has 0 aliphatic rings. The summed E-state index contributed by atoms with van der Waals surface area (Å²) in [5.41, 5.74) is 5.06. The van der Waals surface area contributed by atoms with Crippen LogP contribution in [0.25, 0.3) is 0 Å². The molecule has 0 bridgehead atoms. The maximum absolute atomic E-state index is 9.97. The summed E-state index contributed by atoms with van der Waals surface area (Å²) < 4.78 is 0. The fourth-order valence-corrected chi connectivity index (χ4v) is 0.422. The van der Waals surface area contributed by atoms with Gasteiger partial charge in [0.05, 0.1) is 6.04 Å². The molecule has 0 aliphatic heterocycles. The number of thiol groups is 1. The van der Waals surface area contributed by atoms with Gasteiger partial charge >= 0.3 is 0 Å². The fraction of sp³-hybridized carbons (Fsp3) is 0.667. The van der Waals surface area contributed by atoms with Crippen molar-refractivity contribution in [1.29, 1.82) is 0 Å². The third-order valence-electron chi connectivity index (χ3n) is 0.488. The Morgan fingerprint density at radius 2 is 2.43 bits per heavy atom. The number of nitrogens with two attached hydrogens (primary N) is 1. The van der Waals surface area contributed by atoms with Crippen LogP contribution in [0.15, 0.2) is 0 Å². The minimum Gasteiger partial charge on any atom is -0.320 e. The van der Waals surface area contributed by atoms with Crippen LogP contribution in [0.3, 0.4) is 0 Å². The summed E-state index contributed by atoms with van der Waals surface area (Å²) in [5, 5.41) is -0.532. The van der Waals surface area contributed by atoms with Crippen molar-refractivity contribution in [3.05, 3.63) is 0 Å². The SMILES string of the molecule is N[C@@H](CS)C(=O)Cl. The number of hydrogen-bond donors (Lipinski definition) is 2. The third-order valence-corrected chi connectivity index (χ3v) is 1.16. The molecule has 0 aromatic heterocycles. The maximum atomic E-state index is 9.97. The predicted octanol–water partition coefficient (Wildman–Crippen LogP) is 0.00890. The average molecular weight is 140 g/mol. The molecule has 0 rings (SSSR count). The molecule has 0 amide bonds. The summed E-state index contributed by atoms with van der Waals surface area (Å²) in [7, 11) is 0. The molecule has 0 saturated carbocycles. The van der Waals surface area contributed by atoms with E-state index in [-0.39, 0.29) is 0 Å². The van der Waals surface area contributed by atoms with E-state index >= 15 is 0 Å². The summed E-state index contributed by atoms with van der Waals surface area (Å²) in [6, 6.07) is -0.606. The van der Waals surface area contributed by atoms with E-state index in [2.05, 4.69) is 12.6 Å². The third kappa shape index (κ3) is 2.91. The van der Waals surface area contributed by atoms with E-state index in [1.165, 1.54) is 0 Å². The lowest BCUT2D eigenvalue weighted by molar-refractivity contribution is -0.112. The zero-order valence-electron chi connectivity index (χ0n) is 3.60. The van der Waals surface area contributed by atoms with Gasteiger partial charge in [-0.15, -0.1) is 0 Å². The molecule has 2 N–H and O–H groups in total. The quantitative estimate of drug-likeness (QED) is 0.418. The number of rotatable bonds is 2. The van der Waals surface area contributed by atoms with Gasteiger partial charge in [-0.1, -0.05) is 0 Å². The molecule has 0 unspecified atom stereocenters. The molecule has 4 heteroatoms. The van der Waals surface area contributed by atoms with E-state index in [9.17, 15) is 4.79 Å². The number of halogens is 1. The average Bonchev–Trinajstić information content (AvgIpc) is 1.65. The highest BCUT2D eigenvalue weighted by molar-refractivity contribution is 7.80. The fourth-order valence-electron chi connectivity index (χ4n) is 0.0718. The van der Waals surface area contributed by atoms with Crippen molar-refractivity contribution in [2.24, 2.45) is 5.73 Å². The second-order valence-corrected chi connectivity index (χ2v) is 1.83. The molecule has 1 atom stereocenters. The molecule has 0 aromatic carbocycles. The molecule has 2 nitrogen and oxygen atoms in total. The van der Waals surface area contributed by atoms with Crippen molar-refractivity contribution in [3.8, 4) is 0 Å². The first-order valence-electron chi connectivity index (χ1n) is 1.74. The Balaban J connectivity index is 3.34. The topological polar surface area (TPSA) is 43.1 Å². The number of hydrogen-bond acceptors (Lipinski definition) is 3. The van der Waals surface area contributed by atoms with Crippen molar-refractivity contribution >= 4 is 29.5 Å². The summed E-state index contributed by atoms with van der Waals surface area (Å²) in [6.45, 7) is 0. The molecule has 0 heterocycles. The van der Waals surface area contributed by atoms with Crippen LogP contribution in [0.2, 0.25) is 0 Å².